The third-order valence-corrected chi connectivity index (χ3v) is 0.898. The molecule has 0 aromatic heterocycles. The topological polar surface area (TPSA) is 49.5 Å². The van der Waals surface area contributed by atoms with Crippen molar-refractivity contribution < 1.29 is 5.11 Å². The van der Waals surface area contributed by atoms with Crippen LogP contribution in [0.2, 0.25) is 0 Å². The Morgan fingerprint density at radius 3 is 2.50 bits per heavy atom. The van der Waals surface area contributed by atoms with E-state index in [-0.39, 0.29) is 6.61 Å². The average molecular weight is 118 g/mol. The maximum absolute atomic E-state index is 8.34. The van der Waals surface area contributed by atoms with Crippen molar-refractivity contribution in [3.05, 3.63) is 0 Å². The van der Waals surface area contributed by atoms with Gasteiger partial charge in [-0.05, 0) is 6.42 Å². The predicted molar refractivity (Wildman–Crippen MR) is 33.1 cm³/mol. The van der Waals surface area contributed by atoms with Crippen LogP contribution in [0.5, 0.6) is 0 Å². The molecule has 3 N–H and O–H groups in total. The SMILES string of the molecule is CCCN(N)CCO. The molecule has 0 amide bonds. The quantitative estimate of drug-likeness (QED) is 0.389. The molecule has 0 rings (SSSR count). The van der Waals surface area contributed by atoms with Gasteiger partial charge in [0.2, 0.25) is 0 Å². The summed E-state index contributed by atoms with van der Waals surface area (Å²) in [7, 11) is 0. The molecule has 0 aliphatic rings. The second-order valence-corrected chi connectivity index (χ2v) is 1.76. The molecule has 0 aromatic carbocycles. The molecule has 0 saturated carbocycles. The first-order valence-electron chi connectivity index (χ1n) is 2.91. The van der Waals surface area contributed by atoms with Gasteiger partial charge in [-0.15, -0.1) is 0 Å². The molecule has 50 valence electrons. The number of nitrogens with two attached hydrogens (primary N) is 1. The van der Waals surface area contributed by atoms with Crippen molar-refractivity contribution in [1.29, 1.82) is 0 Å². The zero-order chi connectivity index (χ0) is 6.41. The van der Waals surface area contributed by atoms with Crippen LogP contribution in [0.25, 0.3) is 0 Å². The fourth-order valence-corrected chi connectivity index (χ4v) is 0.527. The minimum Gasteiger partial charge on any atom is -0.395 e. The number of hydrazine groups is 1. The fourth-order valence-electron chi connectivity index (χ4n) is 0.527. The van der Waals surface area contributed by atoms with E-state index in [1.165, 1.54) is 0 Å². The predicted octanol–water partition coefficient (Wildman–Crippen LogP) is -0.436. The second kappa shape index (κ2) is 5.03. The first-order valence-corrected chi connectivity index (χ1v) is 2.91. The largest absolute Gasteiger partial charge is 0.395 e. The molecule has 0 aromatic rings. The lowest BCUT2D eigenvalue weighted by atomic mass is 10.4. The number of aliphatic hydroxyl groups excluding tert-OH is 1. The molecule has 8 heavy (non-hydrogen) atoms. The zero-order valence-corrected chi connectivity index (χ0v) is 5.30. The van der Waals surface area contributed by atoms with Crippen molar-refractivity contribution in [1.82, 2.24) is 5.01 Å². The Bertz CT molecular complexity index is 43.7. The zero-order valence-electron chi connectivity index (χ0n) is 5.30. The normalized spacial score (nSPS) is 10.5. The molecule has 0 aliphatic heterocycles. The Balaban J connectivity index is 2.92. The van der Waals surface area contributed by atoms with Crippen molar-refractivity contribution in [2.45, 2.75) is 13.3 Å². The summed E-state index contributed by atoms with van der Waals surface area (Å²) in [5.74, 6) is 5.37. The first-order chi connectivity index (χ1) is 3.81. The molecule has 0 saturated heterocycles. The summed E-state index contributed by atoms with van der Waals surface area (Å²) in [4.78, 5) is 0. The van der Waals surface area contributed by atoms with E-state index in [1.54, 1.807) is 5.01 Å². The summed E-state index contributed by atoms with van der Waals surface area (Å²) in [5, 5.41) is 9.95. The molecule has 0 bridgehead atoms. The van der Waals surface area contributed by atoms with Gasteiger partial charge in [-0.2, -0.15) is 0 Å². The van der Waals surface area contributed by atoms with Crippen LogP contribution in [0.15, 0.2) is 0 Å². The lowest BCUT2D eigenvalue weighted by Crippen LogP contribution is -2.34. The van der Waals surface area contributed by atoms with Crippen molar-refractivity contribution in [3.63, 3.8) is 0 Å². The van der Waals surface area contributed by atoms with Gasteiger partial charge in [0.1, 0.15) is 0 Å². The molecule has 0 unspecified atom stereocenters. The lowest BCUT2D eigenvalue weighted by Gasteiger charge is -2.11. The Morgan fingerprint density at radius 1 is 1.50 bits per heavy atom. The van der Waals surface area contributed by atoms with Crippen LogP contribution in [0.3, 0.4) is 0 Å². The molecule has 0 spiro atoms. The summed E-state index contributed by atoms with van der Waals surface area (Å²) in [6.07, 6.45) is 1.04. The fraction of sp³-hybridized carbons (Fsp3) is 1.00. The Labute approximate surface area is 50.1 Å². The molecule has 0 aliphatic carbocycles. The summed E-state index contributed by atoms with van der Waals surface area (Å²) >= 11 is 0. The molecular formula is C5H14N2O. The molecule has 3 nitrogen and oxygen atoms in total. The van der Waals surface area contributed by atoms with E-state index in [2.05, 4.69) is 6.92 Å². The van der Waals surface area contributed by atoms with E-state index in [0.717, 1.165) is 13.0 Å². The molecule has 0 heterocycles. The molecule has 3 heteroatoms. The van der Waals surface area contributed by atoms with E-state index >= 15 is 0 Å². The van der Waals surface area contributed by atoms with E-state index in [9.17, 15) is 0 Å². The van der Waals surface area contributed by atoms with Crippen molar-refractivity contribution in [2.75, 3.05) is 19.7 Å². The van der Waals surface area contributed by atoms with E-state index in [1.807, 2.05) is 0 Å². The Morgan fingerprint density at radius 2 is 2.12 bits per heavy atom. The van der Waals surface area contributed by atoms with Gasteiger partial charge in [-0.1, -0.05) is 6.92 Å². The molecule has 0 fully saturated rings. The van der Waals surface area contributed by atoms with Gasteiger partial charge >= 0.3 is 0 Å². The highest BCUT2D eigenvalue weighted by molar-refractivity contribution is 4.42. The highest BCUT2D eigenvalue weighted by Crippen LogP contribution is 1.79. The van der Waals surface area contributed by atoms with E-state index in [4.69, 9.17) is 10.9 Å². The highest BCUT2D eigenvalue weighted by atomic mass is 16.3. The summed E-state index contributed by atoms with van der Waals surface area (Å²) in [6, 6.07) is 0. The van der Waals surface area contributed by atoms with Crippen molar-refractivity contribution in [3.8, 4) is 0 Å². The summed E-state index contributed by atoms with van der Waals surface area (Å²) < 4.78 is 0. The lowest BCUT2D eigenvalue weighted by molar-refractivity contribution is 0.199. The van der Waals surface area contributed by atoms with Crippen LogP contribution in [0.4, 0.5) is 0 Å². The number of hydrogen-bond acceptors (Lipinski definition) is 3. The Kier molecular flexibility index (Phi) is 4.95. The third kappa shape index (κ3) is 4.05. The maximum atomic E-state index is 8.34. The van der Waals surface area contributed by atoms with Gasteiger partial charge in [-0.25, -0.2) is 5.01 Å². The summed E-state index contributed by atoms with van der Waals surface area (Å²) in [5.41, 5.74) is 0. The number of rotatable bonds is 4. The Hall–Kier alpha value is -0.120. The van der Waals surface area contributed by atoms with Gasteiger partial charge in [0.15, 0.2) is 0 Å². The second-order valence-electron chi connectivity index (χ2n) is 1.76. The average Bonchev–Trinajstić information content (AvgIpc) is 1.68. The van der Waals surface area contributed by atoms with Crippen molar-refractivity contribution in [2.24, 2.45) is 5.84 Å². The van der Waals surface area contributed by atoms with Crippen LogP contribution >= 0.6 is 0 Å². The van der Waals surface area contributed by atoms with Crippen molar-refractivity contribution >= 4 is 0 Å². The summed E-state index contributed by atoms with van der Waals surface area (Å²) in [6.45, 7) is 3.64. The van der Waals surface area contributed by atoms with Gasteiger partial charge in [0.05, 0.1) is 6.61 Å². The van der Waals surface area contributed by atoms with Gasteiger partial charge in [0, 0.05) is 13.1 Å². The van der Waals surface area contributed by atoms with Gasteiger partial charge < -0.3 is 5.11 Å². The van der Waals surface area contributed by atoms with Crippen LogP contribution in [0, 0.1) is 0 Å². The van der Waals surface area contributed by atoms with Crippen LogP contribution < -0.4 is 5.84 Å². The van der Waals surface area contributed by atoms with Gasteiger partial charge in [0.25, 0.3) is 0 Å². The van der Waals surface area contributed by atoms with E-state index in [0.29, 0.717) is 6.54 Å². The smallest absolute Gasteiger partial charge is 0.0572 e. The van der Waals surface area contributed by atoms with Crippen LogP contribution in [0.1, 0.15) is 13.3 Å². The number of aliphatic hydroxyl groups is 1. The number of nitrogens with zero attached hydrogens (tertiary/aromatic N) is 1. The third-order valence-electron chi connectivity index (χ3n) is 0.898. The standard InChI is InChI=1S/C5H14N2O/c1-2-3-7(6)4-5-8/h8H,2-6H2,1H3. The monoisotopic (exact) mass is 118 g/mol. The van der Waals surface area contributed by atoms with E-state index < -0.39 is 0 Å². The molecule has 0 atom stereocenters. The minimum absolute atomic E-state index is 0.149. The van der Waals surface area contributed by atoms with Crippen LogP contribution in [-0.2, 0) is 0 Å². The minimum atomic E-state index is 0.149. The highest BCUT2D eigenvalue weighted by Gasteiger charge is 1.91. The molecular weight excluding hydrogens is 104 g/mol. The number of hydrogen-bond donors (Lipinski definition) is 2. The maximum Gasteiger partial charge on any atom is 0.0572 e. The molecule has 0 radical (unpaired) electrons. The first kappa shape index (κ1) is 7.88. The van der Waals surface area contributed by atoms with Gasteiger partial charge in [-0.3, -0.25) is 5.84 Å². The van der Waals surface area contributed by atoms with Crippen LogP contribution in [-0.4, -0.2) is 29.8 Å².